The van der Waals surface area contributed by atoms with Gasteiger partial charge in [-0.3, -0.25) is 0 Å². The fourth-order valence-corrected chi connectivity index (χ4v) is 9.02. The van der Waals surface area contributed by atoms with Crippen LogP contribution in [0.4, 0.5) is 11.4 Å². The van der Waals surface area contributed by atoms with Crippen LogP contribution in [-0.2, 0) is 5.41 Å². The average Bonchev–Trinajstić information content (AvgIpc) is 3.69. The summed E-state index contributed by atoms with van der Waals surface area (Å²) < 4.78 is 2.38. The van der Waals surface area contributed by atoms with Crippen molar-refractivity contribution < 1.29 is 0 Å². The SMILES string of the molecule is C#C/C=C\c1c(-c2ccc(N(/C(C)=C/C3=C(C#C)c4ccccc4C3(C)C)c3cccc4ccccc34)cc2)cc2c3ccccc3n(-c3ccccc3)c2c1C. The Labute approximate surface area is 335 Å². The van der Waals surface area contributed by atoms with E-state index in [-0.39, 0.29) is 5.41 Å². The number of para-hydroxylation sites is 2. The number of allylic oxidation sites excluding steroid dienone is 5. The lowest BCUT2D eigenvalue weighted by Crippen LogP contribution is -2.19. The lowest BCUT2D eigenvalue weighted by atomic mass is 9.81. The van der Waals surface area contributed by atoms with Gasteiger partial charge in [0.15, 0.2) is 0 Å². The largest absolute Gasteiger partial charge is 0.314 e. The minimum Gasteiger partial charge on any atom is -0.314 e. The third-order valence-electron chi connectivity index (χ3n) is 11.7. The molecule has 272 valence electrons. The van der Waals surface area contributed by atoms with Gasteiger partial charge in [-0.25, -0.2) is 0 Å². The second-order valence-electron chi connectivity index (χ2n) is 15.3. The summed E-state index contributed by atoms with van der Waals surface area (Å²) >= 11 is 0. The molecular formula is C55H42N2. The average molecular weight is 731 g/mol. The number of hydrogen-bond acceptors (Lipinski definition) is 1. The molecule has 0 atom stereocenters. The van der Waals surface area contributed by atoms with Gasteiger partial charge in [0.1, 0.15) is 0 Å². The molecule has 0 saturated heterocycles. The topological polar surface area (TPSA) is 8.17 Å². The van der Waals surface area contributed by atoms with Crippen molar-refractivity contribution in [3.63, 3.8) is 0 Å². The molecule has 0 amide bonds. The molecule has 0 saturated carbocycles. The summed E-state index contributed by atoms with van der Waals surface area (Å²) in [5, 5.41) is 4.78. The van der Waals surface area contributed by atoms with Gasteiger partial charge in [-0.1, -0.05) is 135 Å². The van der Waals surface area contributed by atoms with Crippen molar-refractivity contribution in [2.75, 3.05) is 4.90 Å². The van der Waals surface area contributed by atoms with E-state index in [0.717, 1.165) is 56.2 Å². The zero-order chi connectivity index (χ0) is 39.3. The maximum atomic E-state index is 6.26. The summed E-state index contributed by atoms with van der Waals surface area (Å²) in [5.74, 6) is 5.81. The first-order chi connectivity index (χ1) is 27.8. The van der Waals surface area contributed by atoms with E-state index in [1.54, 1.807) is 6.08 Å². The normalized spacial score (nSPS) is 13.7. The Morgan fingerprint density at radius 2 is 1.39 bits per heavy atom. The first-order valence-corrected chi connectivity index (χ1v) is 19.4. The number of benzene rings is 7. The molecule has 2 heteroatoms. The molecule has 1 aliphatic rings. The van der Waals surface area contributed by atoms with E-state index in [2.05, 4.69) is 213 Å². The van der Waals surface area contributed by atoms with E-state index >= 15 is 0 Å². The van der Waals surface area contributed by atoms with Gasteiger partial charge in [-0.2, -0.15) is 0 Å². The number of terminal acetylenes is 2. The molecule has 0 aliphatic heterocycles. The van der Waals surface area contributed by atoms with Crippen molar-refractivity contribution in [2.24, 2.45) is 0 Å². The second kappa shape index (κ2) is 14.1. The van der Waals surface area contributed by atoms with E-state index in [9.17, 15) is 0 Å². The van der Waals surface area contributed by atoms with Crippen LogP contribution in [0.2, 0.25) is 0 Å². The Kier molecular flexibility index (Phi) is 8.77. The number of hydrogen-bond donors (Lipinski definition) is 0. The standard InChI is InChI=1S/C55H42N2/c1-7-9-24-44-38(4)54-49(47-27-16-18-29-53(47)57(54)41-22-11-10-12-23-41)36-48(44)40-31-33-42(34-32-40)56(52-30-19-21-39-20-13-14-25-45(39)52)37(3)35-51-43(8-2)46-26-15-17-28-50(46)55(51,5)6/h1-2,9-36H,3-6H3/b24-9-,37-35+. The first-order valence-electron chi connectivity index (χ1n) is 19.4. The molecule has 8 aromatic rings. The zero-order valence-corrected chi connectivity index (χ0v) is 32.7. The molecule has 0 bridgehead atoms. The Morgan fingerprint density at radius 1 is 0.702 bits per heavy atom. The molecule has 0 radical (unpaired) electrons. The quantitative estimate of drug-likeness (QED) is 0.148. The summed E-state index contributed by atoms with van der Waals surface area (Å²) in [4.78, 5) is 2.37. The maximum Gasteiger partial charge on any atom is 0.0576 e. The molecular weight excluding hydrogens is 689 g/mol. The van der Waals surface area contributed by atoms with Crippen LogP contribution in [0.25, 0.3) is 61.0 Å². The van der Waals surface area contributed by atoms with Crippen molar-refractivity contribution in [1.29, 1.82) is 0 Å². The molecule has 2 nitrogen and oxygen atoms in total. The van der Waals surface area contributed by atoms with Gasteiger partial charge in [-0.05, 0) is 119 Å². The summed E-state index contributed by atoms with van der Waals surface area (Å²) in [5.41, 5.74) is 15.5. The van der Waals surface area contributed by atoms with Gasteiger partial charge in [0, 0.05) is 44.2 Å². The highest BCUT2D eigenvalue weighted by Crippen LogP contribution is 2.48. The first kappa shape index (κ1) is 35.4. The zero-order valence-electron chi connectivity index (χ0n) is 32.7. The van der Waals surface area contributed by atoms with Crippen LogP contribution in [0.5, 0.6) is 0 Å². The van der Waals surface area contributed by atoms with Crippen LogP contribution in [0.3, 0.4) is 0 Å². The van der Waals surface area contributed by atoms with E-state index in [1.807, 2.05) is 0 Å². The third-order valence-corrected chi connectivity index (χ3v) is 11.7. The van der Waals surface area contributed by atoms with Crippen molar-refractivity contribution in [3.8, 4) is 41.5 Å². The van der Waals surface area contributed by atoms with Crippen LogP contribution >= 0.6 is 0 Å². The van der Waals surface area contributed by atoms with Crippen LogP contribution < -0.4 is 4.90 Å². The van der Waals surface area contributed by atoms with Gasteiger partial charge < -0.3 is 9.47 Å². The van der Waals surface area contributed by atoms with Gasteiger partial charge >= 0.3 is 0 Å². The van der Waals surface area contributed by atoms with E-state index in [1.165, 1.54) is 43.7 Å². The molecule has 57 heavy (non-hydrogen) atoms. The number of fused-ring (bicyclic) bond motifs is 5. The molecule has 7 aromatic carbocycles. The summed E-state index contributed by atoms with van der Waals surface area (Å²) in [6.45, 7) is 8.95. The lowest BCUT2D eigenvalue weighted by Gasteiger charge is -2.30. The summed E-state index contributed by atoms with van der Waals surface area (Å²) in [7, 11) is 0. The number of aryl methyl sites for hydroxylation is 1. The molecule has 0 fully saturated rings. The number of nitrogens with zero attached hydrogens (tertiary/aromatic N) is 2. The highest BCUT2D eigenvalue weighted by Gasteiger charge is 2.36. The highest BCUT2D eigenvalue weighted by molar-refractivity contribution is 6.13. The summed E-state index contributed by atoms with van der Waals surface area (Å²) in [6.07, 6.45) is 18.3. The van der Waals surface area contributed by atoms with Crippen molar-refractivity contribution in [2.45, 2.75) is 33.1 Å². The van der Waals surface area contributed by atoms with E-state index in [0.29, 0.717) is 0 Å². The third kappa shape index (κ3) is 5.78. The van der Waals surface area contributed by atoms with Gasteiger partial charge in [0.25, 0.3) is 0 Å². The Bertz CT molecular complexity index is 3050. The van der Waals surface area contributed by atoms with Crippen molar-refractivity contribution in [1.82, 2.24) is 4.57 Å². The summed E-state index contributed by atoms with van der Waals surface area (Å²) in [6, 6.07) is 54.2. The second-order valence-corrected chi connectivity index (χ2v) is 15.3. The maximum absolute atomic E-state index is 6.26. The van der Waals surface area contributed by atoms with Crippen LogP contribution in [0.1, 0.15) is 43.0 Å². The predicted octanol–water partition coefficient (Wildman–Crippen LogP) is 14.0. The number of rotatable bonds is 7. The minimum absolute atomic E-state index is 0.254. The number of anilines is 2. The predicted molar refractivity (Wildman–Crippen MR) is 244 cm³/mol. The van der Waals surface area contributed by atoms with Gasteiger partial charge in [0.05, 0.1) is 16.7 Å². The fourth-order valence-electron chi connectivity index (χ4n) is 9.02. The Hall–Kier alpha value is -7.26. The van der Waals surface area contributed by atoms with Crippen LogP contribution in [0.15, 0.2) is 175 Å². The van der Waals surface area contributed by atoms with Gasteiger partial charge in [0.2, 0.25) is 0 Å². The molecule has 0 N–H and O–H groups in total. The van der Waals surface area contributed by atoms with Crippen LogP contribution in [-0.4, -0.2) is 4.57 Å². The van der Waals surface area contributed by atoms with Crippen molar-refractivity contribution >= 4 is 55.6 Å². The molecule has 1 heterocycles. The van der Waals surface area contributed by atoms with Crippen molar-refractivity contribution in [3.05, 3.63) is 197 Å². The molecule has 1 aliphatic carbocycles. The molecule has 1 aromatic heterocycles. The molecule has 0 unspecified atom stereocenters. The molecule has 0 spiro atoms. The monoisotopic (exact) mass is 730 g/mol. The Balaban J connectivity index is 1.23. The number of aromatic nitrogens is 1. The van der Waals surface area contributed by atoms with Crippen LogP contribution in [0, 0.1) is 31.6 Å². The van der Waals surface area contributed by atoms with Gasteiger partial charge in [-0.15, -0.1) is 12.8 Å². The minimum atomic E-state index is -0.254. The Morgan fingerprint density at radius 3 is 2.16 bits per heavy atom. The highest BCUT2D eigenvalue weighted by atomic mass is 15.1. The fraction of sp³-hybridized carbons (Fsp3) is 0.0909. The smallest absolute Gasteiger partial charge is 0.0576 e. The lowest BCUT2D eigenvalue weighted by molar-refractivity contribution is 0.653. The van der Waals surface area contributed by atoms with E-state index < -0.39 is 0 Å². The van der Waals surface area contributed by atoms with E-state index in [4.69, 9.17) is 12.8 Å². The molecule has 9 rings (SSSR count).